The number of hydrogen-bond donors (Lipinski definition) is 2. The Hall–Kier alpha value is -1.55. The number of fused-ring (bicyclic) bond motifs is 1. The van der Waals surface area contributed by atoms with Gasteiger partial charge in [0.2, 0.25) is 5.95 Å². The highest BCUT2D eigenvalue weighted by atomic mass is 16.3. The van der Waals surface area contributed by atoms with Crippen molar-refractivity contribution in [3.8, 4) is 0 Å². The van der Waals surface area contributed by atoms with Crippen molar-refractivity contribution in [2.24, 2.45) is 12.5 Å². The lowest BCUT2D eigenvalue weighted by atomic mass is 10.0. The molecule has 4 heteroatoms. The lowest BCUT2D eigenvalue weighted by molar-refractivity contribution is 0.253. The quantitative estimate of drug-likeness (QED) is 0.848. The van der Waals surface area contributed by atoms with Crippen molar-refractivity contribution in [1.82, 2.24) is 9.55 Å². The summed E-state index contributed by atoms with van der Waals surface area (Å²) in [7, 11) is 2.03. The number of benzene rings is 1. The maximum atomic E-state index is 9.06. The second-order valence-corrected chi connectivity index (χ2v) is 5.31. The van der Waals surface area contributed by atoms with Crippen LogP contribution in [0.15, 0.2) is 24.3 Å². The van der Waals surface area contributed by atoms with Gasteiger partial charge in [0.1, 0.15) is 0 Å². The first-order valence-electron chi connectivity index (χ1n) is 6.50. The fourth-order valence-electron chi connectivity index (χ4n) is 2.50. The molecule has 18 heavy (non-hydrogen) atoms. The van der Waals surface area contributed by atoms with Crippen LogP contribution in [0, 0.1) is 5.41 Å². The number of rotatable bonds is 5. The molecule has 1 saturated carbocycles. The van der Waals surface area contributed by atoms with Crippen molar-refractivity contribution in [1.29, 1.82) is 0 Å². The minimum absolute atomic E-state index is 0.282. The van der Waals surface area contributed by atoms with Gasteiger partial charge >= 0.3 is 0 Å². The lowest BCUT2D eigenvalue weighted by Gasteiger charge is -2.14. The number of para-hydroxylation sites is 2. The van der Waals surface area contributed by atoms with Gasteiger partial charge in [-0.1, -0.05) is 12.1 Å². The fraction of sp³-hybridized carbons (Fsp3) is 0.500. The van der Waals surface area contributed by atoms with Crippen LogP contribution in [-0.4, -0.2) is 27.8 Å². The van der Waals surface area contributed by atoms with Gasteiger partial charge < -0.3 is 15.0 Å². The van der Waals surface area contributed by atoms with Crippen LogP contribution < -0.4 is 5.32 Å². The third-order valence-corrected chi connectivity index (χ3v) is 4.01. The van der Waals surface area contributed by atoms with Gasteiger partial charge in [-0.25, -0.2) is 4.98 Å². The molecule has 1 fully saturated rings. The molecule has 3 rings (SSSR count). The van der Waals surface area contributed by atoms with E-state index in [9.17, 15) is 0 Å². The molecule has 2 N–H and O–H groups in total. The largest absolute Gasteiger partial charge is 0.396 e. The number of imidazole rings is 1. The minimum atomic E-state index is 0.282. The smallest absolute Gasteiger partial charge is 0.203 e. The summed E-state index contributed by atoms with van der Waals surface area (Å²) >= 11 is 0. The Morgan fingerprint density at radius 3 is 2.83 bits per heavy atom. The van der Waals surface area contributed by atoms with E-state index >= 15 is 0 Å². The third-order valence-electron chi connectivity index (χ3n) is 4.01. The Balaban J connectivity index is 1.77. The molecule has 0 aliphatic heterocycles. The van der Waals surface area contributed by atoms with E-state index in [1.165, 1.54) is 12.8 Å². The number of aliphatic hydroxyl groups excluding tert-OH is 1. The highest BCUT2D eigenvalue weighted by Crippen LogP contribution is 2.48. The minimum Gasteiger partial charge on any atom is -0.396 e. The first kappa shape index (κ1) is 11.5. The number of aromatic nitrogens is 2. The predicted octanol–water partition coefficient (Wildman–Crippen LogP) is 2.15. The Morgan fingerprint density at radius 1 is 1.39 bits per heavy atom. The van der Waals surface area contributed by atoms with Crippen LogP contribution in [0.1, 0.15) is 19.3 Å². The molecule has 0 bridgehead atoms. The number of hydrogen-bond acceptors (Lipinski definition) is 3. The van der Waals surface area contributed by atoms with Crippen LogP contribution in [-0.2, 0) is 7.05 Å². The maximum absolute atomic E-state index is 9.06. The average molecular weight is 245 g/mol. The molecule has 0 radical (unpaired) electrons. The summed E-state index contributed by atoms with van der Waals surface area (Å²) in [5.74, 6) is 0.917. The Labute approximate surface area is 107 Å². The van der Waals surface area contributed by atoms with Crippen LogP contribution in [0.3, 0.4) is 0 Å². The lowest BCUT2D eigenvalue weighted by Crippen LogP contribution is -2.18. The first-order valence-corrected chi connectivity index (χ1v) is 6.50. The summed E-state index contributed by atoms with van der Waals surface area (Å²) in [6.45, 7) is 1.19. The molecular formula is C14H19N3O. The third kappa shape index (κ3) is 1.97. The van der Waals surface area contributed by atoms with Crippen LogP contribution in [0.4, 0.5) is 5.95 Å². The highest BCUT2D eigenvalue weighted by Gasteiger charge is 2.41. The SMILES string of the molecule is Cn1c(NCC2(CCO)CC2)nc2ccccc21. The van der Waals surface area contributed by atoms with Crippen LogP contribution in [0.25, 0.3) is 11.0 Å². The van der Waals surface area contributed by atoms with Gasteiger partial charge in [-0.15, -0.1) is 0 Å². The molecule has 0 spiro atoms. The van der Waals surface area contributed by atoms with E-state index in [2.05, 4.69) is 20.9 Å². The van der Waals surface area contributed by atoms with E-state index in [1.54, 1.807) is 0 Å². The Kier molecular flexibility index (Phi) is 2.74. The second-order valence-electron chi connectivity index (χ2n) is 5.31. The molecule has 1 aromatic heterocycles. The van der Waals surface area contributed by atoms with Crippen molar-refractivity contribution in [2.75, 3.05) is 18.5 Å². The van der Waals surface area contributed by atoms with Crippen molar-refractivity contribution in [3.63, 3.8) is 0 Å². The normalized spacial score (nSPS) is 17.0. The molecule has 1 aliphatic rings. The predicted molar refractivity (Wildman–Crippen MR) is 72.6 cm³/mol. The fourth-order valence-corrected chi connectivity index (χ4v) is 2.50. The number of aliphatic hydroxyl groups is 1. The molecule has 0 amide bonds. The summed E-state index contributed by atoms with van der Waals surface area (Å²) in [5, 5.41) is 12.5. The van der Waals surface area contributed by atoms with Gasteiger partial charge in [-0.3, -0.25) is 0 Å². The van der Waals surface area contributed by atoms with Crippen molar-refractivity contribution >= 4 is 17.0 Å². The molecule has 1 aromatic carbocycles. The first-order chi connectivity index (χ1) is 8.74. The number of nitrogens with zero attached hydrogens (tertiary/aromatic N) is 2. The highest BCUT2D eigenvalue weighted by molar-refractivity contribution is 5.78. The average Bonchev–Trinajstić information content (AvgIpc) is 3.07. The molecule has 2 aromatic rings. The summed E-state index contributed by atoms with van der Waals surface area (Å²) in [6, 6.07) is 8.14. The number of aryl methyl sites for hydroxylation is 1. The van der Waals surface area contributed by atoms with Gasteiger partial charge in [0.05, 0.1) is 11.0 Å². The Morgan fingerprint density at radius 2 is 2.17 bits per heavy atom. The standard InChI is InChI=1S/C14H19N3O/c1-17-12-5-3-2-4-11(12)16-13(17)15-10-14(6-7-14)8-9-18/h2-5,18H,6-10H2,1H3,(H,15,16). The van der Waals surface area contributed by atoms with Gasteiger partial charge in [0, 0.05) is 20.2 Å². The second kappa shape index (κ2) is 4.28. The van der Waals surface area contributed by atoms with E-state index in [1.807, 2.05) is 25.2 Å². The van der Waals surface area contributed by atoms with Crippen LogP contribution in [0.5, 0.6) is 0 Å². The Bertz CT molecular complexity index is 557. The molecule has 1 heterocycles. The summed E-state index contributed by atoms with van der Waals surface area (Å²) < 4.78 is 2.09. The van der Waals surface area contributed by atoms with E-state index in [4.69, 9.17) is 5.11 Å². The molecule has 0 saturated heterocycles. The summed E-state index contributed by atoms with van der Waals surface area (Å²) in [4.78, 5) is 4.59. The van der Waals surface area contributed by atoms with Gasteiger partial charge in [-0.2, -0.15) is 0 Å². The monoisotopic (exact) mass is 245 g/mol. The molecule has 1 aliphatic carbocycles. The number of anilines is 1. The molecule has 0 unspecified atom stereocenters. The van der Waals surface area contributed by atoms with E-state index in [0.29, 0.717) is 5.41 Å². The number of nitrogens with one attached hydrogen (secondary N) is 1. The molecule has 0 atom stereocenters. The van der Waals surface area contributed by atoms with Crippen molar-refractivity contribution in [2.45, 2.75) is 19.3 Å². The maximum Gasteiger partial charge on any atom is 0.203 e. The van der Waals surface area contributed by atoms with Crippen LogP contribution in [0.2, 0.25) is 0 Å². The topological polar surface area (TPSA) is 50.1 Å². The van der Waals surface area contributed by atoms with E-state index in [0.717, 1.165) is 29.9 Å². The zero-order valence-corrected chi connectivity index (χ0v) is 10.7. The van der Waals surface area contributed by atoms with E-state index in [-0.39, 0.29) is 6.61 Å². The van der Waals surface area contributed by atoms with Crippen LogP contribution >= 0.6 is 0 Å². The molecular weight excluding hydrogens is 226 g/mol. The summed E-state index contributed by atoms with van der Waals surface area (Å²) in [6.07, 6.45) is 3.32. The zero-order chi connectivity index (χ0) is 12.6. The van der Waals surface area contributed by atoms with Gasteiger partial charge in [-0.05, 0) is 36.8 Å². The molecule has 4 nitrogen and oxygen atoms in total. The van der Waals surface area contributed by atoms with E-state index < -0.39 is 0 Å². The zero-order valence-electron chi connectivity index (χ0n) is 10.7. The summed E-state index contributed by atoms with van der Waals surface area (Å²) in [5.41, 5.74) is 2.48. The van der Waals surface area contributed by atoms with Gasteiger partial charge in [0.15, 0.2) is 0 Å². The van der Waals surface area contributed by atoms with Crippen molar-refractivity contribution < 1.29 is 5.11 Å². The molecule has 96 valence electrons. The van der Waals surface area contributed by atoms with Crippen molar-refractivity contribution in [3.05, 3.63) is 24.3 Å². The van der Waals surface area contributed by atoms with Gasteiger partial charge in [0.25, 0.3) is 0 Å².